The van der Waals surface area contributed by atoms with Gasteiger partial charge in [0, 0.05) is 11.8 Å². The fraction of sp³-hybridized carbons (Fsp3) is 0.278. The Morgan fingerprint density at radius 3 is 2.39 bits per heavy atom. The number of rotatable bonds is 7. The fourth-order valence-corrected chi connectivity index (χ4v) is 3.09. The highest BCUT2D eigenvalue weighted by Gasteiger charge is 2.23. The first-order valence-electron chi connectivity index (χ1n) is 7.34. The molecule has 0 heterocycles. The van der Waals surface area contributed by atoms with E-state index in [1.54, 1.807) is 19.2 Å². The van der Waals surface area contributed by atoms with Crippen molar-refractivity contribution in [2.45, 2.75) is 29.8 Å². The molecule has 0 saturated carbocycles. The second-order valence-corrected chi connectivity index (χ2v) is 6.30. The number of amides is 1. The van der Waals surface area contributed by atoms with Crippen molar-refractivity contribution < 1.29 is 13.9 Å². The van der Waals surface area contributed by atoms with Crippen LogP contribution in [0.5, 0.6) is 5.75 Å². The van der Waals surface area contributed by atoms with Gasteiger partial charge in [0.25, 0.3) is 0 Å². The number of ether oxygens (including phenoxy) is 1. The number of carbonyl (C=O) groups excluding carboxylic acids is 1. The van der Waals surface area contributed by atoms with Crippen molar-refractivity contribution in [3.05, 3.63) is 60.2 Å². The molecule has 0 aliphatic rings. The average molecular weight is 333 g/mol. The number of benzene rings is 2. The molecule has 2 aromatic carbocycles. The van der Waals surface area contributed by atoms with Gasteiger partial charge in [-0.25, -0.2) is 4.39 Å². The topological polar surface area (TPSA) is 38.3 Å². The van der Waals surface area contributed by atoms with Crippen molar-refractivity contribution in [2.75, 3.05) is 7.11 Å². The van der Waals surface area contributed by atoms with Crippen LogP contribution in [0.15, 0.2) is 59.5 Å². The van der Waals surface area contributed by atoms with Crippen LogP contribution in [0.2, 0.25) is 0 Å². The van der Waals surface area contributed by atoms with E-state index in [9.17, 15) is 9.18 Å². The molecule has 122 valence electrons. The maximum Gasteiger partial charge on any atom is 0.217 e. The van der Waals surface area contributed by atoms with Crippen LogP contribution in [-0.2, 0) is 11.2 Å². The molecule has 0 aromatic heterocycles. The van der Waals surface area contributed by atoms with Crippen LogP contribution < -0.4 is 10.1 Å². The zero-order valence-electron chi connectivity index (χ0n) is 13.2. The van der Waals surface area contributed by atoms with E-state index >= 15 is 0 Å². The molecule has 1 unspecified atom stereocenters. The Morgan fingerprint density at radius 2 is 1.83 bits per heavy atom. The molecular weight excluding hydrogens is 313 g/mol. The van der Waals surface area contributed by atoms with Gasteiger partial charge in [-0.2, -0.15) is 0 Å². The van der Waals surface area contributed by atoms with Crippen molar-refractivity contribution in [3.63, 3.8) is 0 Å². The Morgan fingerprint density at radius 1 is 1.17 bits per heavy atom. The van der Waals surface area contributed by atoms with Crippen molar-refractivity contribution >= 4 is 17.7 Å². The van der Waals surface area contributed by atoms with Gasteiger partial charge in [0.1, 0.15) is 5.75 Å². The first-order chi connectivity index (χ1) is 11.1. The third-order valence-corrected chi connectivity index (χ3v) is 4.41. The summed E-state index contributed by atoms with van der Waals surface area (Å²) in [5.41, 5.74) is -0.253. The minimum atomic E-state index is -1.24. The quantitative estimate of drug-likeness (QED) is 0.783. The molecule has 0 radical (unpaired) electrons. The van der Waals surface area contributed by atoms with Gasteiger partial charge in [-0.05, 0) is 36.2 Å². The molecule has 3 nitrogen and oxygen atoms in total. The summed E-state index contributed by atoms with van der Waals surface area (Å²) in [5.74, 6) is 0.497. The van der Waals surface area contributed by atoms with E-state index < -0.39 is 11.5 Å². The summed E-state index contributed by atoms with van der Waals surface area (Å²) in [6.07, 6.45) is 0.449. The van der Waals surface area contributed by atoms with Gasteiger partial charge in [-0.15, -0.1) is 0 Å². The van der Waals surface area contributed by atoms with Crippen molar-refractivity contribution in [1.82, 2.24) is 5.32 Å². The highest BCUT2D eigenvalue weighted by Crippen LogP contribution is 2.29. The van der Waals surface area contributed by atoms with Gasteiger partial charge < -0.3 is 10.1 Å². The predicted octanol–water partition coefficient (Wildman–Crippen LogP) is 3.83. The Labute approximate surface area is 140 Å². The van der Waals surface area contributed by atoms with Crippen LogP contribution in [0.1, 0.15) is 12.5 Å². The van der Waals surface area contributed by atoms with E-state index in [1.807, 2.05) is 42.5 Å². The first kappa shape index (κ1) is 17.3. The van der Waals surface area contributed by atoms with E-state index in [0.717, 1.165) is 28.0 Å². The summed E-state index contributed by atoms with van der Waals surface area (Å²) in [4.78, 5) is 12.2. The van der Waals surface area contributed by atoms with Gasteiger partial charge in [0.15, 0.2) is 5.50 Å². The number of thioether (sulfide) groups is 1. The van der Waals surface area contributed by atoms with Crippen LogP contribution in [0.4, 0.5) is 4.39 Å². The molecule has 2 aromatic rings. The number of halogens is 1. The van der Waals surface area contributed by atoms with Crippen LogP contribution >= 0.6 is 11.8 Å². The number of carbonyl (C=O) groups is 1. The first-order valence-corrected chi connectivity index (χ1v) is 8.22. The van der Waals surface area contributed by atoms with E-state index in [0.29, 0.717) is 6.42 Å². The second kappa shape index (κ2) is 8.58. The van der Waals surface area contributed by atoms with Crippen molar-refractivity contribution in [1.29, 1.82) is 0 Å². The normalized spacial score (nSPS) is 13.2. The molecule has 0 aliphatic carbocycles. The molecule has 5 heteroatoms. The fourth-order valence-electron chi connectivity index (χ4n) is 2.20. The maximum absolute atomic E-state index is 14.7. The number of hydrogen-bond acceptors (Lipinski definition) is 3. The highest BCUT2D eigenvalue weighted by molar-refractivity contribution is 7.99. The zero-order chi connectivity index (χ0) is 16.7. The monoisotopic (exact) mass is 333 g/mol. The SMILES string of the molecule is COc1ccc(SC(F)[C@H](Cc2ccccc2)NC(C)=O)cc1. The summed E-state index contributed by atoms with van der Waals surface area (Å²) in [7, 11) is 1.59. The smallest absolute Gasteiger partial charge is 0.217 e. The summed E-state index contributed by atoms with van der Waals surface area (Å²) in [5, 5.41) is 2.71. The van der Waals surface area contributed by atoms with E-state index in [4.69, 9.17) is 4.74 Å². The highest BCUT2D eigenvalue weighted by atomic mass is 32.2. The molecule has 0 saturated heterocycles. The number of alkyl halides is 1. The molecule has 2 rings (SSSR count). The summed E-state index contributed by atoms with van der Waals surface area (Å²) in [6.45, 7) is 1.41. The Balaban J connectivity index is 2.05. The van der Waals surface area contributed by atoms with Crippen LogP contribution in [0.25, 0.3) is 0 Å². The summed E-state index contributed by atoms with van der Waals surface area (Å²) in [6, 6.07) is 16.2. The van der Waals surface area contributed by atoms with Gasteiger partial charge in [0.2, 0.25) is 5.91 Å². The largest absolute Gasteiger partial charge is 0.497 e. The van der Waals surface area contributed by atoms with E-state index in [1.165, 1.54) is 6.92 Å². The summed E-state index contributed by atoms with van der Waals surface area (Å²) < 4.78 is 19.8. The van der Waals surface area contributed by atoms with Gasteiger partial charge >= 0.3 is 0 Å². The van der Waals surface area contributed by atoms with Crippen LogP contribution in [-0.4, -0.2) is 24.6 Å². The standard InChI is InChI=1S/C18H20FNO2S/c1-13(21)20-17(12-14-6-4-3-5-7-14)18(19)23-16-10-8-15(22-2)9-11-16/h3-11,17-18H,12H2,1-2H3,(H,20,21)/t17-,18?/m0/s1. The molecular formula is C18H20FNO2S. The zero-order valence-corrected chi connectivity index (χ0v) is 14.0. The Hall–Kier alpha value is -2.01. The molecule has 0 aliphatic heterocycles. The van der Waals surface area contributed by atoms with Crippen LogP contribution in [0.3, 0.4) is 0 Å². The molecule has 1 amide bonds. The molecule has 0 fully saturated rings. The van der Waals surface area contributed by atoms with Crippen LogP contribution in [0, 0.1) is 0 Å². The maximum atomic E-state index is 14.7. The van der Waals surface area contributed by atoms with Crippen molar-refractivity contribution in [3.8, 4) is 5.75 Å². The molecule has 23 heavy (non-hydrogen) atoms. The van der Waals surface area contributed by atoms with Gasteiger partial charge in [-0.3, -0.25) is 4.79 Å². The molecule has 2 atom stereocenters. The Kier molecular flexibility index (Phi) is 6.47. The minimum Gasteiger partial charge on any atom is -0.497 e. The Bertz CT molecular complexity index is 619. The summed E-state index contributed by atoms with van der Waals surface area (Å²) >= 11 is 1.10. The number of nitrogens with one attached hydrogen (secondary N) is 1. The van der Waals surface area contributed by atoms with Gasteiger partial charge in [-0.1, -0.05) is 42.1 Å². The lowest BCUT2D eigenvalue weighted by atomic mass is 10.1. The third kappa shape index (κ3) is 5.60. The van der Waals surface area contributed by atoms with Gasteiger partial charge in [0.05, 0.1) is 13.2 Å². The molecule has 0 bridgehead atoms. The van der Waals surface area contributed by atoms with Crippen molar-refractivity contribution in [2.24, 2.45) is 0 Å². The van der Waals surface area contributed by atoms with E-state index in [2.05, 4.69) is 5.32 Å². The molecule has 0 spiro atoms. The third-order valence-electron chi connectivity index (χ3n) is 3.31. The number of hydrogen-bond donors (Lipinski definition) is 1. The lowest BCUT2D eigenvalue weighted by Gasteiger charge is -2.21. The lowest BCUT2D eigenvalue weighted by molar-refractivity contribution is -0.119. The van der Waals surface area contributed by atoms with E-state index in [-0.39, 0.29) is 5.91 Å². The minimum absolute atomic E-state index is 0.232. The second-order valence-electron chi connectivity index (χ2n) is 5.14. The predicted molar refractivity (Wildman–Crippen MR) is 91.5 cm³/mol. The lowest BCUT2D eigenvalue weighted by Crippen LogP contribution is -2.40. The number of methoxy groups -OCH3 is 1. The average Bonchev–Trinajstić information content (AvgIpc) is 2.55. The molecule has 1 N–H and O–H groups in total.